The fraction of sp³-hybridized carbons (Fsp3) is 0.192. The molecule has 6 rings (SSSR count). The lowest BCUT2D eigenvalue weighted by Crippen LogP contribution is -2.24. The fourth-order valence-corrected chi connectivity index (χ4v) is 4.22. The van der Waals surface area contributed by atoms with Crippen molar-refractivity contribution < 1.29 is 14.1 Å². The highest BCUT2D eigenvalue weighted by Crippen LogP contribution is 2.33. The molecule has 9 nitrogen and oxygen atoms in total. The number of imidazole rings is 1. The van der Waals surface area contributed by atoms with E-state index in [4.69, 9.17) is 14.2 Å². The van der Waals surface area contributed by atoms with E-state index in [-0.39, 0.29) is 5.91 Å². The Morgan fingerprint density at radius 1 is 1.11 bits per heavy atom. The maximum absolute atomic E-state index is 12.3. The van der Waals surface area contributed by atoms with Crippen LogP contribution < -0.4 is 4.74 Å². The van der Waals surface area contributed by atoms with Crippen LogP contribution in [-0.4, -0.2) is 42.4 Å². The van der Waals surface area contributed by atoms with Crippen LogP contribution in [0.15, 0.2) is 65.3 Å². The zero-order valence-electron chi connectivity index (χ0n) is 19.1. The van der Waals surface area contributed by atoms with E-state index in [1.807, 2.05) is 59.5 Å². The summed E-state index contributed by atoms with van der Waals surface area (Å²) in [6, 6.07) is 17.1. The van der Waals surface area contributed by atoms with Gasteiger partial charge in [-0.25, -0.2) is 4.98 Å². The Bertz CT molecular complexity index is 1510. The molecule has 35 heavy (non-hydrogen) atoms. The molecule has 9 heteroatoms. The number of ether oxygens (including phenoxy) is 1. The molecule has 0 atom stereocenters. The number of nitrogens with one attached hydrogen (secondary N) is 1. The number of nitrogens with zero attached hydrogens (tertiary/aromatic N) is 5. The van der Waals surface area contributed by atoms with Crippen molar-refractivity contribution in [1.29, 1.82) is 0 Å². The summed E-state index contributed by atoms with van der Waals surface area (Å²) in [6.07, 6.45) is 3.20. The van der Waals surface area contributed by atoms with Crippen LogP contribution in [0.5, 0.6) is 11.5 Å². The number of hydrogen-bond donors (Lipinski definition) is 1. The third kappa shape index (κ3) is 4.23. The molecule has 1 aliphatic heterocycles. The first-order valence-corrected chi connectivity index (χ1v) is 11.4. The normalized spacial score (nSPS) is 13.6. The molecule has 5 aromatic rings. The van der Waals surface area contributed by atoms with Gasteiger partial charge in [0.25, 0.3) is 0 Å². The first kappa shape index (κ1) is 21.0. The lowest BCUT2D eigenvalue weighted by atomic mass is 10.1. The standard InChI is InChI=1S/C26H22N6O3/c1-16-28-25(31-35-16)17-7-9-19(10-8-17)34-23-14-22-21(13-18(23)15-32-12-4-6-24(32)33)29-26(30-22)20-5-2-3-11-27-20/h2-3,5,7-11,13-14H,4,6,12,15H2,1H3,(H,29,30). The van der Waals surface area contributed by atoms with Crippen molar-refractivity contribution in [3.63, 3.8) is 0 Å². The monoisotopic (exact) mass is 466 g/mol. The third-order valence-corrected chi connectivity index (χ3v) is 5.97. The molecule has 1 aliphatic rings. The minimum absolute atomic E-state index is 0.162. The average Bonchev–Trinajstić information content (AvgIpc) is 3.60. The molecule has 0 aliphatic carbocycles. The Morgan fingerprint density at radius 3 is 2.71 bits per heavy atom. The highest BCUT2D eigenvalue weighted by molar-refractivity contribution is 5.82. The van der Waals surface area contributed by atoms with E-state index < -0.39 is 0 Å². The van der Waals surface area contributed by atoms with Gasteiger partial charge in [0.05, 0.1) is 11.0 Å². The number of rotatable bonds is 6. The van der Waals surface area contributed by atoms with Crippen molar-refractivity contribution in [2.24, 2.45) is 0 Å². The SMILES string of the molecule is Cc1nc(-c2ccc(Oc3cc4nc(-c5ccccn5)[nH]c4cc3CN3CCCC3=O)cc2)no1. The van der Waals surface area contributed by atoms with Crippen LogP contribution >= 0.6 is 0 Å². The fourth-order valence-electron chi connectivity index (χ4n) is 4.22. The quantitative estimate of drug-likeness (QED) is 0.379. The first-order valence-electron chi connectivity index (χ1n) is 11.4. The summed E-state index contributed by atoms with van der Waals surface area (Å²) in [5.74, 6) is 3.19. The summed E-state index contributed by atoms with van der Waals surface area (Å²) >= 11 is 0. The summed E-state index contributed by atoms with van der Waals surface area (Å²) in [5.41, 5.74) is 4.12. The average molecular weight is 467 g/mol. The number of likely N-dealkylation sites (tertiary alicyclic amines) is 1. The molecule has 174 valence electrons. The summed E-state index contributed by atoms with van der Waals surface area (Å²) in [4.78, 5) is 30.9. The summed E-state index contributed by atoms with van der Waals surface area (Å²) < 4.78 is 11.4. The largest absolute Gasteiger partial charge is 0.457 e. The lowest BCUT2D eigenvalue weighted by molar-refractivity contribution is -0.128. The molecule has 1 N–H and O–H groups in total. The number of aromatic nitrogens is 5. The molecular formula is C26H22N6O3. The zero-order valence-corrected chi connectivity index (χ0v) is 19.1. The Hall–Kier alpha value is -4.53. The van der Waals surface area contributed by atoms with Crippen molar-refractivity contribution in [2.45, 2.75) is 26.3 Å². The summed E-state index contributed by atoms with van der Waals surface area (Å²) in [7, 11) is 0. The van der Waals surface area contributed by atoms with E-state index >= 15 is 0 Å². The van der Waals surface area contributed by atoms with Crippen LogP contribution in [0.2, 0.25) is 0 Å². The molecule has 4 heterocycles. The maximum Gasteiger partial charge on any atom is 0.223 e. The number of carbonyl (C=O) groups is 1. The smallest absolute Gasteiger partial charge is 0.223 e. The van der Waals surface area contributed by atoms with Crippen LogP contribution in [0.1, 0.15) is 24.3 Å². The Balaban J connectivity index is 1.35. The minimum Gasteiger partial charge on any atom is -0.457 e. The maximum atomic E-state index is 12.3. The van der Waals surface area contributed by atoms with Crippen molar-refractivity contribution >= 4 is 16.9 Å². The van der Waals surface area contributed by atoms with Gasteiger partial charge >= 0.3 is 0 Å². The predicted molar refractivity (Wildman–Crippen MR) is 129 cm³/mol. The van der Waals surface area contributed by atoms with Crippen LogP contribution in [0.3, 0.4) is 0 Å². The summed E-state index contributed by atoms with van der Waals surface area (Å²) in [5, 5.41) is 3.96. The molecule has 2 aromatic carbocycles. The molecule has 1 fully saturated rings. The number of amides is 1. The van der Waals surface area contributed by atoms with E-state index in [9.17, 15) is 4.79 Å². The molecule has 0 spiro atoms. The van der Waals surface area contributed by atoms with E-state index in [1.54, 1.807) is 13.1 Å². The Kier molecular flexibility index (Phi) is 5.21. The lowest BCUT2D eigenvalue weighted by Gasteiger charge is -2.18. The van der Waals surface area contributed by atoms with Gasteiger partial charge in [-0.05, 0) is 48.9 Å². The van der Waals surface area contributed by atoms with Gasteiger partial charge in [0.15, 0.2) is 5.82 Å². The molecule has 0 bridgehead atoms. The van der Waals surface area contributed by atoms with Crippen molar-refractivity contribution in [1.82, 2.24) is 30.0 Å². The zero-order chi connectivity index (χ0) is 23.8. The highest BCUT2D eigenvalue weighted by Gasteiger charge is 2.22. The van der Waals surface area contributed by atoms with Gasteiger partial charge in [-0.3, -0.25) is 9.78 Å². The van der Waals surface area contributed by atoms with Gasteiger partial charge in [0.1, 0.15) is 17.2 Å². The second-order valence-electron chi connectivity index (χ2n) is 8.46. The molecule has 1 amide bonds. The van der Waals surface area contributed by atoms with Gasteiger partial charge in [-0.1, -0.05) is 11.2 Å². The van der Waals surface area contributed by atoms with Gasteiger partial charge in [-0.15, -0.1) is 0 Å². The summed E-state index contributed by atoms with van der Waals surface area (Å²) in [6.45, 7) is 2.98. The second-order valence-corrected chi connectivity index (χ2v) is 8.46. The van der Waals surface area contributed by atoms with E-state index in [0.717, 1.165) is 40.8 Å². The van der Waals surface area contributed by atoms with Crippen LogP contribution in [0.25, 0.3) is 33.9 Å². The molecular weight excluding hydrogens is 444 g/mol. The molecule has 0 radical (unpaired) electrons. The molecule has 1 saturated heterocycles. The third-order valence-electron chi connectivity index (χ3n) is 5.97. The van der Waals surface area contributed by atoms with Crippen molar-refractivity contribution in [2.75, 3.05) is 6.54 Å². The number of H-pyrrole nitrogens is 1. The Labute approximate surface area is 200 Å². The van der Waals surface area contributed by atoms with Gasteiger partial charge in [0, 0.05) is 49.8 Å². The van der Waals surface area contributed by atoms with E-state index in [0.29, 0.717) is 42.0 Å². The van der Waals surface area contributed by atoms with E-state index in [2.05, 4.69) is 20.1 Å². The van der Waals surface area contributed by atoms with Crippen molar-refractivity contribution in [3.05, 3.63) is 72.2 Å². The number of hydrogen-bond acceptors (Lipinski definition) is 7. The van der Waals surface area contributed by atoms with Crippen LogP contribution in [-0.2, 0) is 11.3 Å². The number of benzene rings is 2. The topological polar surface area (TPSA) is 110 Å². The number of aromatic amines is 1. The number of fused-ring (bicyclic) bond motifs is 1. The van der Waals surface area contributed by atoms with Crippen molar-refractivity contribution in [3.8, 4) is 34.4 Å². The molecule has 0 unspecified atom stereocenters. The number of carbonyl (C=O) groups excluding carboxylic acids is 1. The number of aryl methyl sites for hydroxylation is 1. The molecule has 3 aromatic heterocycles. The number of pyridine rings is 1. The second kappa shape index (κ2) is 8.68. The van der Waals surface area contributed by atoms with E-state index in [1.165, 1.54) is 0 Å². The predicted octanol–water partition coefficient (Wildman–Crippen LogP) is 4.90. The van der Waals surface area contributed by atoms with Gasteiger partial charge in [0.2, 0.25) is 17.6 Å². The van der Waals surface area contributed by atoms with Gasteiger partial charge in [-0.2, -0.15) is 4.98 Å². The Morgan fingerprint density at radius 2 is 2.00 bits per heavy atom. The molecule has 0 saturated carbocycles. The first-order chi connectivity index (χ1) is 17.1. The van der Waals surface area contributed by atoms with Crippen LogP contribution in [0, 0.1) is 6.92 Å². The van der Waals surface area contributed by atoms with Crippen LogP contribution in [0.4, 0.5) is 0 Å². The van der Waals surface area contributed by atoms with Gasteiger partial charge < -0.3 is 19.1 Å². The minimum atomic E-state index is 0.162. The highest BCUT2D eigenvalue weighted by atomic mass is 16.5.